The summed E-state index contributed by atoms with van der Waals surface area (Å²) in [5, 5.41) is 4.97. The molecule has 1 fully saturated rings. The van der Waals surface area contributed by atoms with Crippen molar-refractivity contribution in [3.8, 4) is 0 Å². The minimum absolute atomic E-state index is 0.229. The van der Waals surface area contributed by atoms with Crippen LogP contribution < -0.4 is 5.32 Å². The Morgan fingerprint density at radius 1 is 1.04 bits per heavy atom. The van der Waals surface area contributed by atoms with Gasteiger partial charge in [0.1, 0.15) is 6.54 Å². The zero-order valence-corrected chi connectivity index (χ0v) is 16.4. The summed E-state index contributed by atoms with van der Waals surface area (Å²) < 4.78 is 0. The summed E-state index contributed by atoms with van der Waals surface area (Å²) in [6, 6.07) is 11.0. The molecular formula is C21H23N3O3S. The van der Waals surface area contributed by atoms with Crippen LogP contribution >= 0.6 is 11.3 Å². The maximum Gasteiger partial charge on any atom is 0.262 e. The average molecular weight is 398 g/mol. The molecule has 28 heavy (non-hydrogen) atoms. The number of hydrogen-bond donors (Lipinski definition) is 1. The van der Waals surface area contributed by atoms with E-state index in [2.05, 4.69) is 27.7 Å². The molecule has 146 valence electrons. The molecule has 3 heterocycles. The highest BCUT2D eigenvalue weighted by molar-refractivity contribution is 7.10. The van der Waals surface area contributed by atoms with Crippen LogP contribution in [0.1, 0.15) is 44.4 Å². The van der Waals surface area contributed by atoms with E-state index in [4.69, 9.17) is 0 Å². The van der Waals surface area contributed by atoms with Gasteiger partial charge in [-0.3, -0.25) is 19.3 Å². The van der Waals surface area contributed by atoms with E-state index in [1.807, 2.05) is 11.3 Å². The lowest BCUT2D eigenvalue weighted by atomic mass is 9.95. The molecule has 0 aliphatic carbocycles. The summed E-state index contributed by atoms with van der Waals surface area (Å²) in [5.74, 6) is -0.444. The number of imide groups is 1. The van der Waals surface area contributed by atoms with Crippen LogP contribution in [0.15, 0.2) is 41.8 Å². The zero-order chi connectivity index (χ0) is 19.5. The molecule has 0 saturated carbocycles. The molecule has 0 spiro atoms. The van der Waals surface area contributed by atoms with Crippen LogP contribution in [0.2, 0.25) is 0 Å². The maximum absolute atomic E-state index is 12.3. The predicted octanol–water partition coefficient (Wildman–Crippen LogP) is 2.34. The maximum atomic E-state index is 12.3. The molecule has 7 heteroatoms. The molecule has 1 aromatic heterocycles. The largest absolute Gasteiger partial charge is 0.353 e. The van der Waals surface area contributed by atoms with Crippen LogP contribution in [0, 0.1) is 0 Å². The molecule has 2 aromatic rings. The number of amides is 3. The van der Waals surface area contributed by atoms with Gasteiger partial charge in [-0.1, -0.05) is 18.2 Å². The Kier molecular flexibility index (Phi) is 5.54. The lowest BCUT2D eigenvalue weighted by Crippen LogP contribution is -2.43. The fourth-order valence-corrected chi connectivity index (χ4v) is 4.80. The van der Waals surface area contributed by atoms with Crippen LogP contribution in [0.4, 0.5) is 0 Å². The van der Waals surface area contributed by atoms with Crippen LogP contribution in [0.25, 0.3) is 0 Å². The monoisotopic (exact) mass is 397 g/mol. The fraction of sp³-hybridized carbons (Fsp3) is 0.381. The highest BCUT2D eigenvalue weighted by Crippen LogP contribution is 2.30. The topological polar surface area (TPSA) is 69.7 Å². The van der Waals surface area contributed by atoms with Crippen molar-refractivity contribution in [3.05, 3.63) is 57.8 Å². The van der Waals surface area contributed by atoms with Crippen LogP contribution in [0.5, 0.6) is 0 Å². The molecule has 2 aliphatic rings. The van der Waals surface area contributed by atoms with Gasteiger partial charge in [0.05, 0.1) is 11.1 Å². The molecule has 0 radical (unpaired) electrons. The molecule has 1 saturated heterocycles. The second-order valence-electron chi connectivity index (χ2n) is 7.22. The molecular weight excluding hydrogens is 374 g/mol. The normalized spacial score (nSPS) is 17.8. The lowest BCUT2D eigenvalue weighted by Gasteiger charge is -2.31. The molecule has 0 unspecified atom stereocenters. The van der Waals surface area contributed by atoms with Gasteiger partial charge < -0.3 is 10.2 Å². The number of benzene rings is 1. The molecule has 1 N–H and O–H groups in total. The molecule has 6 nitrogen and oxygen atoms in total. The van der Waals surface area contributed by atoms with E-state index in [0.717, 1.165) is 37.4 Å². The first kappa shape index (κ1) is 18.8. The Labute approximate surface area is 168 Å². The summed E-state index contributed by atoms with van der Waals surface area (Å²) in [5.41, 5.74) is 0.739. The SMILES string of the molecule is O=C(CN1C(=O)c2ccccc2C1=O)NCCN1CCC(c2cccs2)CC1. The second-order valence-corrected chi connectivity index (χ2v) is 8.20. The van der Waals surface area contributed by atoms with Crippen molar-refractivity contribution in [2.45, 2.75) is 18.8 Å². The third kappa shape index (κ3) is 3.86. The van der Waals surface area contributed by atoms with Crippen molar-refractivity contribution < 1.29 is 14.4 Å². The third-order valence-corrected chi connectivity index (χ3v) is 6.50. The minimum atomic E-state index is -0.397. The summed E-state index contributed by atoms with van der Waals surface area (Å²) in [7, 11) is 0. The van der Waals surface area contributed by atoms with E-state index in [9.17, 15) is 14.4 Å². The number of piperidine rings is 1. The standard InChI is InChI=1S/C21H23N3O3S/c25-19(14-24-20(26)16-4-1-2-5-17(16)21(24)27)22-9-12-23-10-7-15(8-11-23)18-6-3-13-28-18/h1-6,13,15H,7-12,14H2,(H,22,25). The molecule has 3 amide bonds. The number of nitrogens with zero attached hydrogens (tertiary/aromatic N) is 2. The second kappa shape index (κ2) is 8.24. The molecule has 0 atom stereocenters. The molecule has 1 aromatic carbocycles. The Morgan fingerprint density at radius 3 is 2.32 bits per heavy atom. The third-order valence-electron chi connectivity index (χ3n) is 5.46. The Balaban J connectivity index is 1.20. The van der Waals surface area contributed by atoms with Gasteiger partial charge in [0.15, 0.2) is 0 Å². The molecule has 2 aliphatic heterocycles. The zero-order valence-electron chi connectivity index (χ0n) is 15.6. The number of hydrogen-bond acceptors (Lipinski definition) is 5. The number of fused-ring (bicyclic) bond motifs is 1. The van der Waals surface area contributed by atoms with Gasteiger partial charge in [-0.05, 0) is 55.4 Å². The Bertz CT molecular complexity index is 838. The minimum Gasteiger partial charge on any atom is -0.353 e. The van der Waals surface area contributed by atoms with Crippen LogP contribution in [-0.4, -0.2) is 60.2 Å². The number of nitrogens with one attached hydrogen (secondary N) is 1. The number of thiophene rings is 1. The van der Waals surface area contributed by atoms with Gasteiger partial charge in [-0.25, -0.2) is 0 Å². The van der Waals surface area contributed by atoms with E-state index >= 15 is 0 Å². The van der Waals surface area contributed by atoms with Gasteiger partial charge >= 0.3 is 0 Å². The first-order valence-electron chi connectivity index (χ1n) is 9.61. The number of likely N-dealkylation sites (tertiary alicyclic amines) is 1. The Hall–Kier alpha value is -2.51. The lowest BCUT2D eigenvalue weighted by molar-refractivity contribution is -0.121. The van der Waals surface area contributed by atoms with E-state index in [0.29, 0.717) is 23.6 Å². The first-order valence-corrected chi connectivity index (χ1v) is 10.5. The molecule has 0 bridgehead atoms. The quantitative estimate of drug-likeness (QED) is 0.760. The van der Waals surface area contributed by atoms with Crippen molar-refractivity contribution in [1.82, 2.24) is 15.1 Å². The average Bonchev–Trinajstić information content (AvgIpc) is 3.33. The van der Waals surface area contributed by atoms with E-state index in [1.54, 1.807) is 24.3 Å². The highest BCUT2D eigenvalue weighted by Gasteiger charge is 2.36. The highest BCUT2D eigenvalue weighted by atomic mass is 32.1. The van der Waals surface area contributed by atoms with Crippen molar-refractivity contribution in [2.75, 3.05) is 32.7 Å². The smallest absolute Gasteiger partial charge is 0.262 e. The van der Waals surface area contributed by atoms with Crippen molar-refractivity contribution in [1.29, 1.82) is 0 Å². The van der Waals surface area contributed by atoms with Crippen LogP contribution in [-0.2, 0) is 4.79 Å². The summed E-state index contributed by atoms with van der Waals surface area (Å²) >= 11 is 1.83. The van der Waals surface area contributed by atoms with Crippen LogP contribution in [0.3, 0.4) is 0 Å². The van der Waals surface area contributed by atoms with E-state index in [-0.39, 0.29) is 12.5 Å². The van der Waals surface area contributed by atoms with Gasteiger partial charge in [0.2, 0.25) is 5.91 Å². The van der Waals surface area contributed by atoms with Crippen molar-refractivity contribution in [3.63, 3.8) is 0 Å². The summed E-state index contributed by atoms with van der Waals surface area (Å²) in [6.45, 7) is 3.12. The summed E-state index contributed by atoms with van der Waals surface area (Å²) in [6.07, 6.45) is 2.28. The van der Waals surface area contributed by atoms with E-state index < -0.39 is 11.8 Å². The number of carbonyl (C=O) groups excluding carboxylic acids is 3. The van der Waals surface area contributed by atoms with Gasteiger partial charge in [0.25, 0.3) is 11.8 Å². The van der Waals surface area contributed by atoms with E-state index in [1.165, 1.54) is 4.88 Å². The van der Waals surface area contributed by atoms with Crippen molar-refractivity contribution in [2.24, 2.45) is 0 Å². The summed E-state index contributed by atoms with van der Waals surface area (Å²) in [4.78, 5) is 41.7. The van der Waals surface area contributed by atoms with Gasteiger partial charge in [0, 0.05) is 18.0 Å². The van der Waals surface area contributed by atoms with Gasteiger partial charge in [-0.15, -0.1) is 11.3 Å². The first-order chi connectivity index (χ1) is 13.6. The number of carbonyl (C=O) groups is 3. The number of rotatable bonds is 6. The van der Waals surface area contributed by atoms with Crippen molar-refractivity contribution >= 4 is 29.1 Å². The predicted molar refractivity (Wildman–Crippen MR) is 108 cm³/mol. The fourth-order valence-electron chi connectivity index (χ4n) is 3.90. The van der Waals surface area contributed by atoms with Gasteiger partial charge in [-0.2, -0.15) is 0 Å². The molecule has 4 rings (SSSR count). The Morgan fingerprint density at radius 2 is 1.71 bits per heavy atom.